The first-order valence-electron chi connectivity index (χ1n) is 6.52. The molecule has 2 rings (SSSR count). The van der Waals surface area contributed by atoms with Crippen LogP contribution in [-0.2, 0) is 13.0 Å². The maximum Gasteiger partial charge on any atom is 0.0717 e. The smallest absolute Gasteiger partial charge is 0.0717 e. The number of aliphatic hydroxyl groups excluding tert-OH is 1. The summed E-state index contributed by atoms with van der Waals surface area (Å²) in [5, 5.41) is 9.38. The van der Waals surface area contributed by atoms with E-state index >= 15 is 0 Å². The number of likely N-dealkylation sites (N-methyl/N-ethyl adjacent to an activating group) is 1. The van der Waals surface area contributed by atoms with Gasteiger partial charge in [0.2, 0.25) is 0 Å². The van der Waals surface area contributed by atoms with Crippen LogP contribution in [-0.4, -0.2) is 23.7 Å². The van der Waals surface area contributed by atoms with E-state index in [9.17, 15) is 5.11 Å². The summed E-state index contributed by atoms with van der Waals surface area (Å²) in [6.07, 6.45) is 2.74. The summed E-state index contributed by atoms with van der Waals surface area (Å²) in [6.45, 7) is 2.91. The largest absolute Gasteiger partial charge is 0.392 e. The Kier molecular flexibility index (Phi) is 4.53. The third kappa shape index (κ3) is 3.55. The molecule has 0 aliphatic rings. The van der Waals surface area contributed by atoms with E-state index < -0.39 is 0 Å². The minimum Gasteiger partial charge on any atom is -0.392 e. The first-order chi connectivity index (χ1) is 9.20. The summed E-state index contributed by atoms with van der Waals surface area (Å²) < 4.78 is 0. The standard InChI is InChI=1S/C16H20N2O/c1-13-10-16(15(12-19)11-17-13)18(2)9-8-14-6-4-3-5-7-14/h3-7,10-11,19H,8-9,12H2,1-2H3. The lowest BCUT2D eigenvalue weighted by molar-refractivity contribution is 0.281. The summed E-state index contributed by atoms with van der Waals surface area (Å²) in [5.74, 6) is 0. The summed E-state index contributed by atoms with van der Waals surface area (Å²) in [4.78, 5) is 6.40. The van der Waals surface area contributed by atoms with Crippen molar-refractivity contribution in [3.05, 3.63) is 59.4 Å². The third-order valence-corrected chi connectivity index (χ3v) is 3.26. The SMILES string of the molecule is Cc1cc(N(C)CCc2ccccc2)c(CO)cn1. The van der Waals surface area contributed by atoms with Crippen LogP contribution in [0.25, 0.3) is 0 Å². The lowest BCUT2D eigenvalue weighted by Gasteiger charge is -2.22. The lowest BCUT2D eigenvalue weighted by atomic mass is 10.1. The molecule has 1 heterocycles. The maximum atomic E-state index is 9.38. The van der Waals surface area contributed by atoms with Gasteiger partial charge in [-0.1, -0.05) is 30.3 Å². The number of aliphatic hydroxyl groups is 1. The summed E-state index contributed by atoms with van der Waals surface area (Å²) in [7, 11) is 2.05. The average Bonchev–Trinajstić information content (AvgIpc) is 2.46. The van der Waals surface area contributed by atoms with Gasteiger partial charge in [-0.15, -0.1) is 0 Å². The summed E-state index contributed by atoms with van der Waals surface area (Å²) >= 11 is 0. The van der Waals surface area contributed by atoms with Crippen LogP contribution in [0, 0.1) is 6.92 Å². The van der Waals surface area contributed by atoms with Crippen molar-refractivity contribution < 1.29 is 5.11 Å². The van der Waals surface area contributed by atoms with E-state index in [1.807, 2.05) is 19.1 Å². The number of pyridine rings is 1. The fourth-order valence-corrected chi connectivity index (χ4v) is 2.11. The molecule has 0 radical (unpaired) electrons. The number of anilines is 1. The molecule has 0 saturated carbocycles. The molecule has 3 heteroatoms. The second kappa shape index (κ2) is 6.34. The highest BCUT2D eigenvalue weighted by atomic mass is 16.3. The van der Waals surface area contributed by atoms with Crippen molar-refractivity contribution in [1.29, 1.82) is 0 Å². The molecule has 0 fully saturated rings. The minimum atomic E-state index is 0.0261. The Balaban J connectivity index is 2.07. The maximum absolute atomic E-state index is 9.38. The molecule has 19 heavy (non-hydrogen) atoms. The molecule has 1 N–H and O–H groups in total. The second-order valence-electron chi connectivity index (χ2n) is 4.77. The van der Waals surface area contributed by atoms with Crippen molar-refractivity contribution in [2.45, 2.75) is 20.0 Å². The van der Waals surface area contributed by atoms with Crippen LogP contribution in [0.2, 0.25) is 0 Å². The van der Waals surface area contributed by atoms with Gasteiger partial charge >= 0.3 is 0 Å². The molecule has 0 aliphatic heterocycles. The van der Waals surface area contributed by atoms with Gasteiger partial charge in [0.05, 0.1) is 6.61 Å². The molecule has 100 valence electrons. The van der Waals surface area contributed by atoms with Crippen molar-refractivity contribution in [3.8, 4) is 0 Å². The average molecular weight is 256 g/mol. The Morgan fingerprint density at radius 1 is 1.21 bits per heavy atom. The van der Waals surface area contributed by atoms with Crippen molar-refractivity contribution >= 4 is 5.69 Å². The van der Waals surface area contributed by atoms with Gasteiger partial charge in [-0.3, -0.25) is 4.98 Å². The monoisotopic (exact) mass is 256 g/mol. The normalized spacial score (nSPS) is 10.5. The van der Waals surface area contributed by atoms with Crippen molar-refractivity contribution in [1.82, 2.24) is 4.98 Å². The van der Waals surface area contributed by atoms with Crippen molar-refractivity contribution in [2.24, 2.45) is 0 Å². The first-order valence-corrected chi connectivity index (χ1v) is 6.52. The van der Waals surface area contributed by atoms with Gasteiger partial charge in [0, 0.05) is 36.7 Å². The predicted octanol–water partition coefficient (Wildman–Crippen LogP) is 2.56. The molecule has 0 amide bonds. The number of aryl methyl sites for hydroxylation is 1. The zero-order chi connectivity index (χ0) is 13.7. The van der Waals surface area contributed by atoms with Crippen molar-refractivity contribution in [3.63, 3.8) is 0 Å². The van der Waals surface area contributed by atoms with Gasteiger partial charge in [0.15, 0.2) is 0 Å². The van der Waals surface area contributed by atoms with Crippen molar-refractivity contribution in [2.75, 3.05) is 18.5 Å². The van der Waals surface area contributed by atoms with Gasteiger partial charge in [0.25, 0.3) is 0 Å². The van der Waals surface area contributed by atoms with Crippen LogP contribution < -0.4 is 4.90 Å². The highest BCUT2D eigenvalue weighted by Gasteiger charge is 2.08. The highest BCUT2D eigenvalue weighted by Crippen LogP contribution is 2.20. The number of hydrogen-bond acceptors (Lipinski definition) is 3. The summed E-state index contributed by atoms with van der Waals surface area (Å²) in [5.41, 5.74) is 4.23. The van der Waals surface area contributed by atoms with Crippen LogP contribution in [0.3, 0.4) is 0 Å². The fraction of sp³-hybridized carbons (Fsp3) is 0.312. The molecule has 0 saturated heterocycles. The molecule has 0 unspecified atom stereocenters. The zero-order valence-corrected chi connectivity index (χ0v) is 11.5. The van der Waals surface area contributed by atoms with Crippen LogP contribution in [0.5, 0.6) is 0 Å². The Morgan fingerprint density at radius 2 is 1.95 bits per heavy atom. The Hall–Kier alpha value is -1.87. The molecule has 0 spiro atoms. The molecule has 1 aromatic carbocycles. The Labute approximate surface area is 114 Å². The predicted molar refractivity (Wildman–Crippen MR) is 78.3 cm³/mol. The zero-order valence-electron chi connectivity index (χ0n) is 11.5. The molecule has 0 bridgehead atoms. The molecule has 3 nitrogen and oxygen atoms in total. The van der Waals surface area contributed by atoms with Gasteiger partial charge in [-0.2, -0.15) is 0 Å². The van der Waals surface area contributed by atoms with Crippen LogP contribution >= 0.6 is 0 Å². The van der Waals surface area contributed by atoms with Crippen LogP contribution in [0.4, 0.5) is 5.69 Å². The molecule has 0 aliphatic carbocycles. The van der Waals surface area contributed by atoms with E-state index in [2.05, 4.69) is 41.2 Å². The van der Waals surface area contributed by atoms with E-state index in [-0.39, 0.29) is 6.61 Å². The number of benzene rings is 1. The van der Waals surface area contributed by atoms with Crippen LogP contribution in [0.1, 0.15) is 16.8 Å². The minimum absolute atomic E-state index is 0.0261. The molecule has 1 aromatic heterocycles. The van der Waals surface area contributed by atoms with E-state index in [0.717, 1.165) is 29.9 Å². The van der Waals surface area contributed by atoms with E-state index in [1.54, 1.807) is 6.20 Å². The second-order valence-corrected chi connectivity index (χ2v) is 4.77. The lowest BCUT2D eigenvalue weighted by Crippen LogP contribution is -2.22. The van der Waals surface area contributed by atoms with E-state index in [0.29, 0.717) is 0 Å². The first kappa shape index (κ1) is 13.6. The molecule has 0 atom stereocenters. The van der Waals surface area contributed by atoms with E-state index in [4.69, 9.17) is 0 Å². The van der Waals surface area contributed by atoms with Crippen LogP contribution in [0.15, 0.2) is 42.6 Å². The molecule has 2 aromatic rings. The summed E-state index contributed by atoms with van der Waals surface area (Å²) in [6, 6.07) is 12.5. The van der Waals surface area contributed by atoms with E-state index in [1.165, 1.54) is 5.56 Å². The van der Waals surface area contributed by atoms with Gasteiger partial charge in [0.1, 0.15) is 0 Å². The Bertz CT molecular complexity index is 526. The molecular weight excluding hydrogens is 236 g/mol. The van der Waals surface area contributed by atoms with Gasteiger partial charge in [-0.25, -0.2) is 0 Å². The van der Waals surface area contributed by atoms with Gasteiger partial charge in [-0.05, 0) is 25.0 Å². The number of aromatic nitrogens is 1. The fourth-order valence-electron chi connectivity index (χ4n) is 2.11. The number of rotatable bonds is 5. The third-order valence-electron chi connectivity index (χ3n) is 3.26. The van der Waals surface area contributed by atoms with Gasteiger partial charge < -0.3 is 10.0 Å². The number of hydrogen-bond donors (Lipinski definition) is 1. The highest BCUT2D eigenvalue weighted by molar-refractivity contribution is 5.52. The Morgan fingerprint density at radius 3 is 2.63 bits per heavy atom. The molecular formula is C16H20N2O. The topological polar surface area (TPSA) is 36.4 Å². The quantitative estimate of drug-likeness (QED) is 0.893. The number of nitrogens with zero attached hydrogens (tertiary/aromatic N) is 2.